The summed E-state index contributed by atoms with van der Waals surface area (Å²) in [7, 11) is 0. The van der Waals surface area contributed by atoms with E-state index in [4.69, 9.17) is 14.2 Å². The molecule has 0 amide bonds. The Kier molecular flexibility index (Phi) is 9.64. The molecular weight excluding hydrogens is 463 g/mol. The fourth-order valence-electron chi connectivity index (χ4n) is 2.81. The third-order valence-electron chi connectivity index (χ3n) is 3.97. The maximum Gasteiger partial charge on any atom is 0.307 e. The lowest BCUT2D eigenvalue weighted by molar-refractivity contribution is -0.270. The minimum absolute atomic E-state index is 0.186. The van der Waals surface area contributed by atoms with E-state index in [0.29, 0.717) is 0 Å². The van der Waals surface area contributed by atoms with Crippen molar-refractivity contribution in [1.82, 2.24) is 0 Å². The van der Waals surface area contributed by atoms with Gasteiger partial charge in [-0.3, -0.25) is 4.79 Å². The average molecular weight is 494 g/mol. The molecule has 2 unspecified atom stereocenters. The second kappa shape index (κ2) is 10.7. The summed E-state index contributed by atoms with van der Waals surface area (Å²) in [6, 6.07) is 7.63. The van der Waals surface area contributed by atoms with Crippen LogP contribution in [0, 0.1) is 8.99 Å². The highest BCUT2D eigenvalue weighted by Gasteiger charge is 2.49. The van der Waals surface area contributed by atoms with Crippen molar-refractivity contribution >= 4 is 28.6 Å². The number of benzene rings is 1. The maximum absolute atomic E-state index is 12.6. The highest BCUT2D eigenvalue weighted by Crippen LogP contribution is 2.38. The van der Waals surface area contributed by atoms with Crippen molar-refractivity contribution in [1.29, 1.82) is 0 Å². The summed E-state index contributed by atoms with van der Waals surface area (Å²) in [5.74, 6) is -0.537. The fourth-order valence-corrected chi connectivity index (χ4v) is 3.17. The molecule has 0 saturated carbocycles. The molecule has 0 bridgehead atoms. The zero-order valence-electron chi connectivity index (χ0n) is 16.7. The molecule has 1 aromatic carbocycles. The SMILES string of the molecule is CCOC(O)C(CC(=O)OC(C)(C)C)(Cc1ccc(I)cc1)[C@H](O)OCC. The molecule has 0 aromatic heterocycles. The first-order chi connectivity index (χ1) is 12.5. The molecule has 7 heteroatoms. The summed E-state index contributed by atoms with van der Waals surface area (Å²) in [6.07, 6.45) is -2.88. The lowest BCUT2D eigenvalue weighted by Crippen LogP contribution is -2.51. The monoisotopic (exact) mass is 494 g/mol. The van der Waals surface area contributed by atoms with E-state index in [9.17, 15) is 15.0 Å². The standard InChI is InChI=1S/C20H31IO6/c1-6-25-17(23)20(18(24)26-7-2,13-16(22)27-19(3,4)5)12-14-8-10-15(21)11-9-14/h8-11,17-18,23-24H,6-7,12-13H2,1-5H3/t17-,18?,20?/m1/s1. The molecule has 0 aliphatic heterocycles. The van der Waals surface area contributed by atoms with Gasteiger partial charge in [0.2, 0.25) is 0 Å². The van der Waals surface area contributed by atoms with Gasteiger partial charge in [0, 0.05) is 16.8 Å². The quantitative estimate of drug-likeness (QED) is 0.295. The number of halogens is 1. The van der Waals surface area contributed by atoms with Crippen LogP contribution < -0.4 is 0 Å². The topological polar surface area (TPSA) is 85.2 Å². The molecule has 2 N–H and O–H groups in total. The molecule has 27 heavy (non-hydrogen) atoms. The Morgan fingerprint density at radius 3 is 1.93 bits per heavy atom. The van der Waals surface area contributed by atoms with Gasteiger partial charge >= 0.3 is 5.97 Å². The van der Waals surface area contributed by atoms with Crippen molar-refractivity contribution in [3.63, 3.8) is 0 Å². The number of carbonyl (C=O) groups excluding carboxylic acids is 1. The van der Waals surface area contributed by atoms with E-state index in [1.165, 1.54) is 0 Å². The van der Waals surface area contributed by atoms with E-state index < -0.39 is 29.6 Å². The Morgan fingerprint density at radius 2 is 1.52 bits per heavy atom. The fraction of sp³-hybridized carbons (Fsp3) is 0.650. The summed E-state index contributed by atoms with van der Waals surface area (Å²) in [5, 5.41) is 21.5. The van der Waals surface area contributed by atoms with Crippen molar-refractivity contribution in [2.75, 3.05) is 13.2 Å². The van der Waals surface area contributed by atoms with E-state index in [-0.39, 0.29) is 26.1 Å². The first kappa shape index (κ1) is 24.3. The zero-order valence-corrected chi connectivity index (χ0v) is 18.9. The highest BCUT2D eigenvalue weighted by atomic mass is 127. The lowest BCUT2D eigenvalue weighted by atomic mass is 9.76. The van der Waals surface area contributed by atoms with Crippen LogP contribution in [0.3, 0.4) is 0 Å². The first-order valence-electron chi connectivity index (χ1n) is 9.09. The highest BCUT2D eigenvalue weighted by molar-refractivity contribution is 14.1. The predicted molar refractivity (Wildman–Crippen MR) is 111 cm³/mol. The maximum atomic E-state index is 12.6. The van der Waals surface area contributed by atoms with Crippen LogP contribution in [-0.2, 0) is 25.4 Å². The zero-order chi connectivity index (χ0) is 20.7. The molecule has 1 rings (SSSR count). The molecule has 0 saturated heterocycles. The van der Waals surface area contributed by atoms with Crippen molar-refractivity contribution in [3.8, 4) is 0 Å². The van der Waals surface area contributed by atoms with Crippen molar-refractivity contribution in [2.45, 2.75) is 65.6 Å². The number of hydrogen-bond donors (Lipinski definition) is 2. The van der Waals surface area contributed by atoms with Gasteiger partial charge in [0.25, 0.3) is 0 Å². The Morgan fingerprint density at radius 1 is 1.04 bits per heavy atom. The Hall–Kier alpha value is -0.740. The Labute approximate surface area is 175 Å². The van der Waals surface area contributed by atoms with Crippen LogP contribution in [-0.4, -0.2) is 47.6 Å². The molecule has 6 nitrogen and oxygen atoms in total. The number of hydrogen-bond acceptors (Lipinski definition) is 6. The number of esters is 1. The lowest BCUT2D eigenvalue weighted by Gasteiger charge is -2.40. The van der Waals surface area contributed by atoms with Crippen LogP contribution in [0.5, 0.6) is 0 Å². The van der Waals surface area contributed by atoms with Crippen LogP contribution in [0.1, 0.15) is 46.6 Å². The van der Waals surface area contributed by atoms with Crippen molar-refractivity contribution in [2.24, 2.45) is 5.41 Å². The van der Waals surface area contributed by atoms with E-state index in [1.54, 1.807) is 34.6 Å². The number of carbonyl (C=O) groups is 1. The van der Waals surface area contributed by atoms with E-state index in [2.05, 4.69) is 22.6 Å². The number of ether oxygens (including phenoxy) is 3. The van der Waals surface area contributed by atoms with Crippen LogP contribution in [0.15, 0.2) is 24.3 Å². The third kappa shape index (κ3) is 7.65. The minimum Gasteiger partial charge on any atom is -0.460 e. The molecule has 154 valence electrons. The molecular formula is C20H31IO6. The van der Waals surface area contributed by atoms with Gasteiger partial charge in [0.1, 0.15) is 5.60 Å². The Balaban J connectivity index is 3.28. The van der Waals surface area contributed by atoms with Crippen LogP contribution in [0.2, 0.25) is 0 Å². The first-order valence-corrected chi connectivity index (χ1v) is 10.2. The minimum atomic E-state index is -1.41. The van der Waals surface area contributed by atoms with Crippen molar-refractivity contribution in [3.05, 3.63) is 33.4 Å². The average Bonchev–Trinajstić information content (AvgIpc) is 2.54. The molecule has 3 atom stereocenters. The summed E-state index contributed by atoms with van der Waals surface area (Å²) < 4.78 is 17.3. The molecule has 0 aliphatic rings. The van der Waals surface area contributed by atoms with Crippen molar-refractivity contribution < 1.29 is 29.2 Å². The number of aliphatic hydroxyl groups is 2. The molecule has 0 aliphatic carbocycles. The van der Waals surface area contributed by atoms with Crippen LogP contribution in [0.25, 0.3) is 0 Å². The molecule has 0 radical (unpaired) electrons. The van der Waals surface area contributed by atoms with Gasteiger partial charge < -0.3 is 24.4 Å². The molecule has 0 heterocycles. The normalized spacial score (nSPS) is 16.4. The second-order valence-electron chi connectivity index (χ2n) is 7.42. The van der Waals surface area contributed by atoms with Crippen LogP contribution in [0.4, 0.5) is 0 Å². The number of rotatable bonds is 10. The summed E-state index contributed by atoms with van der Waals surface area (Å²) in [5.41, 5.74) is -1.24. The smallest absolute Gasteiger partial charge is 0.307 e. The third-order valence-corrected chi connectivity index (χ3v) is 4.69. The van der Waals surface area contributed by atoms with Gasteiger partial charge in [-0.15, -0.1) is 0 Å². The van der Waals surface area contributed by atoms with Gasteiger partial charge in [0.15, 0.2) is 12.6 Å². The molecule has 1 aromatic rings. The summed E-state index contributed by atoms with van der Waals surface area (Å²) >= 11 is 2.20. The summed E-state index contributed by atoms with van der Waals surface area (Å²) in [6.45, 7) is 9.22. The van der Waals surface area contributed by atoms with E-state index in [0.717, 1.165) is 9.13 Å². The van der Waals surface area contributed by atoms with E-state index in [1.807, 2.05) is 24.3 Å². The largest absolute Gasteiger partial charge is 0.460 e. The van der Waals surface area contributed by atoms with Gasteiger partial charge in [-0.1, -0.05) is 12.1 Å². The summed E-state index contributed by atoms with van der Waals surface area (Å²) in [4.78, 5) is 12.6. The second-order valence-corrected chi connectivity index (χ2v) is 8.66. The van der Waals surface area contributed by atoms with Crippen LogP contribution >= 0.6 is 22.6 Å². The Bertz CT molecular complexity index is 569. The number of aliphatic hydroxyl groups excluding tert-OH is 2. The van der Waals surface area contributed by atoms with Gasteiger partial charge in [-0.2, -0.15) is 0 Å². The molecule has 0 fully saturated rings. The van der Waals surface area contributed by atoms with Gasteiger partial charge in [-0.05, 0) is 81.3 Å². The van der Waals surface area contributed by atoms with Gasteiger partial charge in [0.05, 0.1) is 11.8 Å². The molecule has 0 spiro atoms. The van der Waals surface area contributed by atoms with E-state index >= 15 is 0 Å². The van der Waals surface area contributed by atoms with Gasteiger partial charge in [-0.25, -0.2) is 0 Å². The predicted octanol–water partition coefficient (Wildman–Crippen LogP) is 3.26.